The third-order valence-corrected chi connectivity index (χ3v) is 7.42. The van der Waals surface area contributed by atoms with Gasteiger partial charge < -0.3 is 20.7 Å². The number of nitrogens with one attached hydrogen (secondary N) is 3. The van der Waals surface area contributed by atoms with E-state index in [1.807, 2.05) is 78.9 Å². The maximum absolute atomic E-state index is 13.4. The fraction of sp³-hybridized carbons (Fsp3) is 0.0714. The summed E-state index contributed by atoms with van der Waals surface area (Å²) in [5, 5.41) is 10.0. The number of para-hydroxylation sites is 2. The highest BCUT2D eigenvalue weighted by Gasteiger charge is 2.22. The van der Waals surface area contributed by atoms with E-state index in [1.54, 1.807) is 25.3 Å². The second-order valence-electron chi connectivity index (χ2n) is 7.83. The van der Waals surface area contributed by atoms with Crippen LogP contribution in [-0.2, 0) is 4.79 Å². The van der Waals surface area contributed by atoms with Crippen LogP contribution < -0.4 is 20.7 Å². The van der Waals surface area contributed by atoms with Crippen molar-refractivity contribution >= 4 is 75.3 Å². The Hall–Kier alpha value is -3.23. The Morgan fingerprint density at radius 1 is 0.811 bits per heavy atom. The van der Waals surface area contributed by atoms with E-state index in [9.17, 15) is 4.79 Å². The van der Waals surface area contributed by atoms with Crippen molar-refractivity contribution in [1.82, 2.24) is 0 Å². The number of halogens is 2. The Bertz CT molecular complexity index is 1400. The highest BCUT2D eigenvalue weighted by Crippen LogP contribution is 2.37. The van der Waals surface area contributed by atoms with Gasteiger partial charge in [-0.2, -0.15) is 0 Å². The van der Waals surface area contributed by atoms with E-state index in [4.69, 9.17) is 40.2 Å². The van der Waals surface area contributed by atoms with E-state index in [0.717, 1.165) is 21.8 Å². The van der Waals surface area contributed by atoms with Crippen molar-refractivity contribution in [2.24, 2.45) is 0 Å². The molecule has 1 atom stereocenters. The summed E-state index contributed by atoms with van der Waals surface area (Å²) in [7, 11) is 1.61. The molecule has 4 aromatic carbocycles. The van der Waals surface area contributed by atoms with Crippen molar-refractivity contribution in [3.05, 3.63) is 113 Å². The van der Waals surface area contributed by atoms with Crippen molar-refractivity contribution in [2.75, 3.05) is 23.1 Å². The monoisotopic (exact) mass is 567 g/mol. The van der Waals surface area contributed by atoms with Gasteiger partial charge in [-0.3, -0.25) is 4.79 Å². The molecule has 0 fully saturated rings. The van der Waals surface area contributed by atoms with Crippen molar-refractivity contribution in [3.8, 4) is 5.75 Å². The minimum absolute atomic E-state index is 0.179. The number of thioether (sulfide) groups is 1. The van der Waals surface area contributed by atoms with Gasteiger partial charge in [0.1, 0.15) is 11.0 Å². The minimum Gasteiger partial charge on any atom is -0.495 e. The summed E-state index contributed by atoms with van der Waals surface area (Å²) in [6, 6.07) is 29.9. The highest BCUT2D eigenvalue weighted by molar-refractivity contribution is 8.00. The summed E-state index contributed by atoms with van der Waals surface area (Å²) in [6.45, 7) is 0. The lowest BCUT2D eigenvalue weighted by Crippen LogP contribution is -2.20. The molecule has 0 saturated heterocycles. The molecule has 37 heavy (non-hydrogen) atoms. The average molecular weight is 569 g/mol. The largest absolute Gasteiger partial charge is 0.495 e. The third-order valence-electron chi connectivity index (χ3n) is 5.23. The van der Waals surface area contributed by atoms with Crippen LogP contribution in [0.5, 0.6) is 5.75 Å². The van der Waals surface area contributed by atoms with Gasteiger partial charge in [-0.05, 0) is 66.3 Å². The van der Waals surface area contributed by atoms with E-state index in [2.05, 4.69) is 16.0 Å². The third kappa shape index (κ3) is 7.40. The summed E-state index contributed by atoms with van der Waals surface area (Å²) in [4.78, 5) is 14.3. The number of benzene rings is 4. The molecule has 0 saturated carbocycles. The van der Waals surface area contributed by atoms with E-state index >= 15 is 0 Å². The van der Waals surface area contributed by atoms with Gasteiger partial charge in [-0.15, -0.1) is 11.8 Å². The van der Waals surface area contributed by atoms with Crippen molar-refractivity contribution in [3.63, 3.8) is 0 Å². The van der Waals surface area contributed by atoms with Crippen molar-refractivity contribution in [1.29, 1.82) is 0 Å². The van der Waals surface area contributed by atoms with Crippen molar-refractivity contribution < 1.29 is 9.53 Å². The molecule has 0 aromatic heterocycles. The molecule has 0 heterocycles. The molecule has 0 bridgehead atoms. The van der Waals surface area contributed by atoms with Crippen LogP contribution in [0.2, 0.25) is 10.0 Å². The number of ether oxygens (including phenoxy) is 1. The number of anilines is 3. The van der Waals surface area contributed by atoms with E-state index < -0.39 is 5.25 Å². The fourth-order valence-corrected chi connectivity index (χ4v) is 5.11. The smallest absolute Gasteiger partial charge is 0.242 e. The zero-order valence-corrected chi connectivity index (χ0v) is 22.8. The average Bonchev–Trinajstić information content (AvgIpc) is 2.90. The number of methoxy groups -OCH3 is 1. The lowest BCUT2D eigenvalue weighted by atomic mass is 10.1. The Morgan fingerprint density at radius 3 is 2.30 bits per heavy atom. The Balaban J connectivity index is 1.50. The Kier molecular flexibility index (Phi) is 9.30. The maximum atomic E-state index is 13.4. The number of hydrogen-bond donors (Lipinski definition) is 3. The summed E-state index contributed by atoms with van der Waals surface area (Å²) in [5.41, 5.74) is 2.99. The number of thiocarbonyl (C=S) groups is 1. The number of rotatable bonds is 8. The molecule has 1 unspecified atom stereocenters. The van der Waals surface area contributed by atoms with E-state index in [0.29, 0.717) is 26.6 Å². The second kappa shape index (κ2) is 12.8. The molecule has 1 amide bonds. The summed E-state index contributed by atoms with van der Waals surface area (Å²) < 4.78 is 5.37. The molecule has 0 aliphatic rings. The normalized spacial score (nSPS) is 11.3. The molecule has 9 heteroatoms. The van der Waals surface area contributed by atoms with Crippen LogP contribution in [0.25, 0.3) is 0 Å². The van der Waals surface area contributed by atoms with Crippen molar-refractivity contribution in [2.45, 2.75) is 10.1 Å². The molecule has 4 rings (SSSR count). The SMILES string of the molecule is COc1ccccc1NC(=S)Nc1cccc(SC(C(=O)Nc2ccc(Cl)c(Cl)c2)c2ccccc2)c1. The molecule has 0 spiro atoms. The number of amides is 1. The molecule has 0 aliphatic heterocycles. The standard InChI is InChI=1S/C28H23Cl2N3O2S2/c1-35-25-13-6-5-12-24(25)33-28(36)32-19-10-7-11-21(16-19)37-26(18-8-3-2-4-9-18)27(34)31-20-14-15-22(29)23(30)17-20/h2-17,26H,1H3,(H,31,34)(H2,32,33,36). The van der Waals surface area contributed by atoms with Crippen LogP contribution in [0.1, 0.15) is 10.8 Å². The van der Waals surface area contributed by atoms with Crippen LogP contribution in [0, 0.1) is 0 Å². The lowest BCUT2D eigenvalue weighted by molar-refractivity contribution is -0.115. The van der Waals surface area contributed by atoms with Gasteiger partial charge in [-0.25, -0.2) is 0 Å². The summed E-state index contributed by atoms with van der Waals surface area (Å²) in [5.74, 6) is 0.510. The first-order chi connectivity index (χ1) is 17.9. The maximum Gasteiger partial charge on any atom is 0.242 e. The predicted molar refractivity (Wildman–Crippen MR) is 159 cm³/mol. The zero-order valence-electron chi connectivity index (χ0n) is 19.7. The first kappa shape index (κ1) is 26.8. The molecule has 0 aliphatic carbocycles. The van der Waals surface area contributed by atoms with E-state index in [1.165, 1.54) is 11.8 Å². The Labute approximate surface area is 235 Å². The predicted octanol–water partition coefficient (Wildman–Crippen LogP) is 8.28. The highest BCUT2D eigenvalue weighted by atomic mass is 35.5. The Morgan fingerprint density at radius 2 is 1.54 bits per heavy atom. The minimum atomic E-state index is -0.510. The van der Waals surface area contributed by atoms with Gasteiger partial charge in [0, 0.05) is 16.3 Å². The number of carbonyl (C=O) groups is 1. The fourth-order valence-electron chi connectivity index (χ4n) is 3.50. The van der Waals surface area contributed by atoms with Crippen LogP contribution in [0.3, 0.4) is 0 Å². The quantitative estimate of drug-likeness (QED) is 0.147. The van der Waals surface area contributed by atoms with Crippen LogP contribution in [0.15, 0.2) is 102 Å². The first-order valence-electron chi connectivity index (χ1n) is 11.2. The van der Waals surface area contributed by atoms with Gasteiger partial charge in [0.05, 0.1) is 22.8 Å². The van der Waals surface area contributed by atoms with Gasteiger partial charge in [0.2, 0.25) is 5.91 Å². The molecule has 5 nitrogen and oxygen atoms in total. The number of hydrogen-bond acceptors (Lipinski definition) is 4. The topological polar surface area (TPSA) is 62.4 Å². The van der Waals surface area contributed by atoms with Gasteiger partial charge in [0.15, 0.2) is 5.11 Å². The van der Waals surface area contributed by atoms with Gasteiger partial charge >= 0.3 is 0 Å². The molecule has 0 radical (unpaired) electrons. The lowest BCUT2D eigenvalue weighted by Gasteiger charge is -2.18. The van der Waals surface area contributed by atoms with E-state index in [-0.39, 0.29) is 5.91 Å². The van der Waals surface area contributed by atoms with Crippen LogP contribution in [0.4, 0.5) is 17.1 Å². The zero-order chi connectivity index (χ0) is 26.2. The van der Waals surface area contributed by atoms with Crippen LogP contribution in [-0.4, -0.2) is 18.1 Å². The molecule has 188 valence electrons. The molecule has 4 aromatic rings. The second-order valence-corrected chi connectivity index (χ2v) is 10.2. The molecular weight excluding hydrogens is 545 g/mol. The summed E-state index contributed by atoms with van der Waals surface area (Å²) >= 11 is 19.1. The number of carbonyl (C=O) groups excluding carboxylic acids is 1. The first-order valence-corrected chi connectivity index (χ1v) is 13.3. The van der Waals surface area contributed by atoms with Gasteiger partial charge in [0.25, 0.3) is 0 Å². The van der Waals surface area contributed by atoms with Gasteiger partial charge in [-0.1, -0.05) is 71.7 Å². The van der Waals surface area contributed by atoms with Crippen LogP contribution >= 0.6 is 47.2 Å². The molecule has 3 N–H and O–H groups in total. The molecular formula is C28H23Cl2N3O2S2. The summed E-state index contributed by atoms with van der Waals surface area (Å²) in [6.07, 6.45) is 0.